The van der Waals surface area contributed by atoms with Crippen molar-refractivity contribution in [2.45, 2.75) is 71.8 Å². The van der Waals surface area contributed by atoms with Gasteiger partial charge in [0, 0.05) is 32.3 Å². The van der Waals surface area contributed by atoms with Gasteiger partial charge in [0.2, 0.25) is 0 Å². The van der Waals surface area contributed by atoms with Crippen molar-refractivity contribution in [2.24, 2.45) is 11.8 Å². The molecule has 6 heteroatoms. The van der Waals surface area contributed by atoms with Crippen LogP contribution in [0.15, 0.2) is 12.1 Å². The zero-order valence-electron chi connectivity index (χ0n) is 21.6. The number of carbonyl (C=O) groups excluding carboxylic acids is 2. The molecule has 2 unspecified atom stereocenters. The molecule has 1 aliphatic carbocycles. The van der Waals surface area contributed by atoms with Crippen LogP contribution in [-0.2, 0) is 9.47 Å². The van der Waals surface area contributed by atoms with Crippen molar-refractivity contribution in [3.8, 4) is 0 Å². The Hall–Kier alpha value is -2.34. The molecule has 1 aliphatic heterocycles. The van der Waals surface area contributed by atoms with E-state index in [1.165, 1.54) is 23.3 Å². The maximum atomic E-state index is 12.6. The average molecular weight is 471 g/mol. The molecule has 0 spiro atoms. The first-order chi connectivity index (χ1) is 16.2. The molecule has 0 bridgehead atoms. The van der Waals surface area contributed by atoms with E-state index in [1.54, 1.807) is 7.11 Å². The van der Waals surface area contributed by atoms with Crippen LogP contribution in [0.2, 0.25) is 0 Å². The summed E-state index contributed by atoms with van der Waals surface area (Å²) in [7, 11) is 1.63. The molecule has 0 radical (unpaired) electrons. The fourth-order valence-electron chi connectivity index (χ4n) is 4.97. The third kappa shape index (κ3) is 7.33. The van der Waals surface area contributed by atoms with E-state index >= 15 is 0 Å². The molecular weight excluding hydrogens is 428 g/mol. The predicted octanol–water partition coefficient (Wildman–Crippen LogP) is 3.77. The Bertz CT molecular complexity index is 979. The second kappa shape index (κ2) is 11.9. The third-order valence-corrected chi connectivity index (χ3v) is 6.87. The Balaban J connectivity index is 1.50. The Labute approximate surface area is 204 Å². The number of hydrogen-bond acceptors (Lipinski definition) is 4. The number of amides is 2. The van der Waals surface area contributed by atoms with Gasteiger partial charge in [0.1, 0.15) is 5.60 Å². The van der Waals surface area contributed by atoms with E-state index in [0.29, 0.717) is 25.0 Å². The standard InChI is InChI=1S/C28H42N2O4/c1-20-24-13-10-21(9-11-23(24)12-14-25(20)26(31)29-16-18-33-5)7-6-8-22-15-17-30(19-22)27(32)34-28(2,3)4/h11-14,21-22H,6-10,15-19H2,1-5H3,(H,29,31). The van der Waals surface area contributed by atoms with E-state index in [9.17, 15) is 9.59 Å². The maximum absolute atomic E-state index is 12.6. The predicted molar refractivity (Wildman–Crippen MR) is 136 cm³/mol. The summed E-state index contributed by atoms with van der Waals surface area (Å²) in [6.45, 7) is 10.4. The van der Waals surface area contributed by atoms with Gasteiger partial charge in [0.15, 0.2) is 0 Å². The van der Waals surface area contributed by atoms with Gasteiger partial charge in [-0.1, -0.05) is 24.6 Å². The van der Waals surface area contributed by atoms with Gasteiger partial charge in [-0.25, -0.2) is 4.79 Å². The van der Waals surface area contributed by atoms with Crippen molar-refractivity contribution in [3.63, 3.8) is 0 Å². The van der Waals surface area contributed by atoms with Gasteiger partial charge >= 0.3 is 6.09 Å². The van der Waals surface area contributed by atoms with Crippen LogP contribution in [0.25, 0.3) is 12.2 Å². The average Bonchev–Trinajstić information content (AvgIpc) is 3.14. The van der Waals surface area contributed by atoms with Crippen molar-refractivity contribution < 1.29 is 19.1 Å². The van der Waals surface area contributed by atoms with Gasteiger partial charge in [-0.3, -0.25) is 4.79 Å². The topological polar surface area (TPSA) is 67.9 Å². The van der Waals surface area contributed by atoms with Crippen LogP contribution in [0, 0.1) is 18.8 Å². The summed E-state index contributed by atoms with van der Waals surface area (Å²) >= 11 is 0. The van der Waals surface area contributed by atoms with E-state index in [2.05, 4.69) is 23.5 Å². The molecule has 1 fully saturated rings. The lowest BCUT2D eigenvalue weighted by molar-refractivity contribution is 0.0287. The van der Waals surface area contributed by atoms with Crippen LogP contribution in [0.1, 0.15) is 75.2 Å². The molecule has 1 aromatic carbocycles. The van der Waals surface area contributed by atoms with Crippen molar-refractivity contribution in [1.29, 1.82) is 0 Å². The molecule has 3 rings (SSSR count). The Kier molecular flexibility index (Phi) is 9.17. The summed E-state index contributed by atoms with van der Waals surface area (Å²) in [5.41, 5.74) is 1.36. The Morgan fingerprint density at radius 3 is 2.59 bits per heavy atom. The molecule has 2 amide bonds. The highest BCUT2D eigenvalue weighted by molar-refractivity contribution is 5.95. The smallest absolute Gasteiger partial charge is 0.410 e. The maximum Gasteiger partial charge on any atom is 0.410 e. The van der Waals surface area contributed by atoms with Gasteiger partial charge in [-0.05, 0) is 93.7 Å². The van der Waals surface area contributed by atoms with Crippen molar-refractivity contribution in [2.75, 3.05) is 33.4 Å². The van der Waals surface area contributed by atoms with E-state index in [1.807, 2.05) is 38.7 Å². The first-order valence-electron chi connectivity index (χ1n) is 12.7. The molecule has 1 saturated heterocycles. The minimum atomic E-state index is -0.438. The molecule has 6 nitrogen and oxygen atoms in total. The number of fused-ring (bicyclic) bond motifs is 1. The van der Waals surface area contributed by atoms with Crippen molar-refractivity contribution in [3.05, 3.63) is 33.7 Å². The molecule has 1 N–H and O–H groups in total. The van der Waals surface area contributed by atoms with Gasteiger partial charge in [-0.2, -0.15) is 0 Å². The summed E-state index contributed by atoms with van der Waals surface area (Å²) in [5.74, 6) is 1.16. The highest BCUT2D eigenvalue weighted by atomic mass is 16.6. The van der Waals surface area contributed by atoms with E-state index in [4.69, 9.17) is 9.47 Å². The fraction of sp³-hybridized carbons (Fsp3) is 0.643. The van der Waals surface area contributed by atoms with Crippen LogP contribution < -0.4 is 15.8 Å². The lowest BCUT2D eigenvalue weighted by Gasteiger charge is -2.24. The molecule has 34 heavy (non-hydrogen) atoms. The number of rotatable bonds is 8. The lowest BCUT2D eigenvalue weighted by Crippen LogP contribution is -2.35. The summed E-state index contributed by atoms with van der Waals surface area (Å²) in [5, 5.41) is 5.36. The zero-order chi connectivity index (χ0) is 24.7. The molecule has 1 aromatic rings. The molecule has 0 saturated carbocycles. The third-order valence-electron chi connectivity index (χ3n) is 6.87. The monoisotopic (exact) mass is 470 g/mol. The van der Waals surface area contributed by atoms with E-state index < -0.39 is 5.60 Å². The fourth-order valence-corrected chi connectivity index (χ4v) is 4.97. The Morgan fingerprint density at radius 1 is 1.12 bits per heavy atom. The number of benzene rings is 1. The number of nitrogens with zero attached hydrogens (tertiary/aromatic N) is 1. The normalized spacial score (nSPS) is 20.1. The van der Waals surface area contributed by atoms with Crippen LogP contribution in [0.4, 0.5) is 4.79 Å². The molecule has 188 valence electrons. The van der Waals surface area contributed by atoms with Gasteiger partial charge in [-0.15, -0.1) is 0 Å². The molecular formula is C28H42N2O4. The van der Waals surface area contributed by atoms with Gasteiger partial charge in [0.05, 0.1) is 6.61 Å². The number of methoxy groups -OCH3 is 1. The minimum absolute atomic E-state index is 0.0384. The van der Waals surface area contributed by atoms with Gasteiger partial charge in [0.25, 0.3) is 5.91 Å². The zero-order valence-corrected chi connectivity index (χ0v) is 21.6. The summed E-state index contributed by atoms with van der Waals surface area (Å²) < 4.78 is 10.5. The quantitative estimate of drug-likeness (QED) is 0.588. The molecule has 2 aliphatic rings. The van der Waals surface area contributed by atoms with Crippen molar-refractivity contribution >= 4 is 24.2 Å². The van der Waals surface area contributed by atoms with E-state index in [0.717, 1.165) is 49.9 Å². The number of likely N-dealkylation sites (tertiary alicyclic amines) is 1. The summed E-state index contributed by atoms with van der Waals surface area (Å²) in [4.78, 5) is 26.7. The number of carbonyl (C=O) groups is 2. The highest BCUT2D eigenvalue weighted by Gasteiger charge is 2.29. The number of nitrogens with one attached hydrogen (secondary N) is 1. The van der Waals surface area contributed by atoms with Crippen molar-refractivity contribution in [1.82, 2.24) is 10.2 Å². The van der Waals surface area contributed by atoms with Crippen LogP contribution >= 0.6 is 0 Å². The summed E-state index contributed by atoms with van der Waals surface area (Å²) in [6.07, 6.45) is 11.2. The first-order valence-corrected chi connectivity index (χ1v) is 12.7. The number of hydrogen-bond donors (Lipinski definition) is 1. The largest absolute Gasteiger partial charge is 0.444 e. The SMILES string of the molecule is COCCNC(=O)c1ccc2c(c1C)=CCC(CCCC1CCN(C(=O)OC(C)(C)C)C1)CC=2. The Morgan fingerprint density at radius 2 is 1.85 bits per heavy atom. The first kappa shape index (κ1) is 26.3. The van der Waals surface area contributed by atoms with E-state index in [-0.39, 0.29) is 12.0 Å². The highest BCUT2D eigenvalue weighted by Crippen LogP contribution is 2.26. The lowest BCUT2D eigenvalue weighted by atomic mass is 9.92. The minimum Gasteiger partial charge on any atom is -0.444 e. The van der Waals surface area contributed by atoms with Crippen LogP contribution in [-0.4, -0.2) is 55.9 Å². The summed E-state index contributed by atoms with van der Waals surface area (Å²) in [6, 6.07) is 4.02. The molecule has 1 heterocycles. The van der Waals surface area contributed by atoms with Crippen LogP contribution in [0.5, 0.6) is 0 Å². The van der Waals surface area contributed by atoms with Crippen LogP contribution in [0.3, 0.4) is 0 Å². The molecule has 0 aromatic heterocycles. The second-order valence-corrected chi connectivity index (χ2v) is 10.7. The second-order valence-electron chi connectivity index (χ2n) is 10.7. The van der Waals surface area contributed by atoms with Gasteiger partial charge < -0.3 is 19.7 Å². The molecule has 2 atom stereocenters. The number of ether oxygens (including phenoxy) is 2.